The highest BCUT2D eigenvalue weighted by molar-refractivity contribution is 5.92. The van der Waals surface area contributed by atoms with E-state index in [-0.39, 0.29) is 0 Å². The minimum absolute atomic E-state index is 0.676. The predicted octanol–water partition coefficient (Wildman–Crippen LogP) is 2.15. The number of ether oxygens (including phenoxy) is 1. The van der Waals surface area contributed by atoms with E-state index >= 15 is 0 Å². The zero-order valence-electron chi connectivity index (χ0n) is 7.50. The third kappa shape index (κ3) is 1.33. The molecule has 2 rings (SSSR count). The van der Waals surface area contributed by atoms with Gasteiger partial charge in [-0.15, -0.1) is 0 Å². The fourth-order valence-corrected chi connectivity index (χ4v) is 1.38. The lowest BCUT2D eigenvalue weighted by atomic mass is 10.2. The summed E-state index contributed by atoms with van der Waals surface area (Å²) in [5.41, 5.74) is 7.56. The first-order chi connectivity index (χ1) is 6.31. The molecule has 3 nitrogen and oxygen atoms in total. The summed E-state index contributed by atoms with van der Waals surface area (Å²) in [5.74, 6) is 0.862. The van der Waals surface area contributed by atoms with Crippen molar-refractivity contribution < 1.29 is 4.74 Å². The van der Waals surface area contributed by atoms with Crippen LogP contribution in [-0.2, 0) is 0 Å². The number of aromatic nitrogens is 1. The van der Waals surface area contributed by atoms with Crippen LogP contribution in [0.25, 0.3) is 10.9 Å². The van der Waals surface area contributed by atoms with Crippen LogP contribution in [0.5, 0.6) is 5.75 Å². The molecule has 2 aromatic rings. The molecule has 0 bridgehead atoms. The van der Waals surface area contributed by atoms with Crippen LogP contribution in [0.15, 0.2) is 24.4 Å². The average molecular weight is 176 g/mol. The molecule has 3 heteroatoms. The molecule has 13 heavy (non-hydrogen) atoms. The van der Waals surface area contributed by atoms with Crippen LogP contribution in [0.4, 0.5) is 5.69 Å². The molecule has 0 aliphatic carbocycles. The first-order valence-electron chi connectivity index (χ1n) is 4.30. The largest absolute Gasteiger partial charge is 0.494 e. The highest BCUT2D eigenvalue weighted by atomic mass is 16.5. The fourth-order valence-electron chi connectivity index (χ4n) is 1.38. The Kier molecular flexibility index (Phi) is 1.85. The lowest BCUT2D eigenvalue weighted by Crippen LogP contribution is -1.90. The van der Waals surface area contributed by atoms with Crippen LogP contribution in [-0.4, -0.2) is 11.6 Å². The maximum Gasteiger partial charge on any atom is 0.120 e. The molecule has 3 N–H and O–H groups in total. The number of nitrogens with two attached hydrogens (primary N) is 1. The molecule has 0 saturated heterocycles. The van der Waals surface area contributed by atoms with Gasteiger partial charge in [-0.05, 0) is 25.1 Å². The Morgan fingerprint density at radius 2 is 2.31 bits per heavy atom. The molecule has 1 aromatic heterocycles. The first kappa shape index (κ1) is 7.98. The van der Waals surface area contributed by atoms with Crippen molar-refractivity contribution in [2.45, 2.75) is 6.92 Å². The summed E-state index contributed by atoms with van der Waals surface area (Å²) in [6, 6.07) is 5.85. The number of H-pyrrole nitrogens is 1. The predicted molar refractivity (Wildman–Crippen MR) is 53.9 cm³/mol. The molecule has 1 aromatic carbocycles. The van der Waals surface area contributed by atoms with Gasteiger partial charge in [0, 0.05) is 17.1 Å². The minimum Gasteiger partial charge on any atom is -0.494 e. The molecule has 1 heterocycles. The van der Waals surface area contributed by atoms with Crippen molar-refractivity contribution in [3.8, 4) is 5.75 Å². The van der Waals surface area contributed by atoms with E-state index < -0.39 is 0 Å². The molecule has 0 atom stereocenters. The number of aromatic amines is 1. The second kappa shape index (κ2) is 3.01. The Balaban J connectivity index is 2.53. The SMILES string of the molecule is CCOc1ccc2[nH]cc(N)c2c1. The number of benzene rings is 1. The summed E-state index contributed by atoms with van der Waals surface area (Å²) in [6.45, 7) is 2.64. The summed E-state index contributed by atoms with van der Waals surface area (Å²) in [7, 11) is 0. The number of anilines is 1. The zero-order valence-corrected chi connectivity index (χ0v) is 7.50. The van der Waals surface area contributed by atoms with Crippen molar-refractivity contribution in [2.75, 3.05) is 12.3 Å². The maximum absolute atomic E-state index is 5.75. The molecular formula is C10H12N2O. The maximum atomic E-state index is 5.75. The number of hydrogen-bond donors (Lipinski definition) is 2. The van der Waals surface area contributed by atoms with Crippen LogP contribution >= 0.6 is 0 Å². The van der Waals surface area contributed by atoms with Gasteiger partial charge >= 0.3 is 0 Å². The second-order valence-electron chi connectivity index (χ2n) is 2.88. The Hall–Kier alpha value is -1.64. The lowest BCUT2D eigenvalue weighted by Gasteiger charge is -2.02. The highest BCUT2D eigenvalue weighted by Gasteiger charge is 2.01. The van der Waals surface area contributed by atoms with Gasteiger partial charge in [0.2, 0.25) is 0 Å². The van der Waals surface area contributed by atoms with Gasteiger partial charge in [-0.3, -0.25) is 0 Å². The van der Waals surface area contributed by atoms with Gasteiger partial charge in [0.15, 0.2) is 0 Å². The molecule has 0 aliphatic rings. The number of fused-ring (bicyclic) bond motifs is 1. The quantitative estimate of drug-likeness (QED) is 0.736. The van der Waals surface area contributed by atoms with Crippen molar-refractivity contribution in [2.24, 2.45) is 0 Å². The molecule has 68 valence electrons. The van der Waals surface area contributed by atoms with Gasteiger partial charge in [-0.2, -0.15) is 0 Å². The standard InChI is InChI=1S/C10H12N2O/c1-2-13-7-3-4-10-8(5-7)9(11)6-12-10/h3-6,12H,2,11H2,1H3. The summed E-state index contributed by atoms with van der Waals surface area (Å²) < 4.78 is 5.37. The summed E-state index contributed by atoms with van der Waals surface area (Å²) in [4.78, 5) is 3.08. The van der Waals surface area contributed by atoms with E-state index in [1.165, 1.54) is 0 Å². The Morgan fingerprint density at radius 3 is 3.08 bits per heavy atom. The summed E-state index contributed by atoms with van der Waals surface area (Å²) >= 11 is 0. The molecule has 0 spiro atoms. The summed E-state index contributed by atoms with van der Waals surface area (Å²) in [6.07, 6.45) is 1.79. The normalized spacial score (nSPS) is 10.5. The van der Waals surface area contributed by atoms with Gasteiger partial charge in [-0.1, -0.05) is 0 Å². The number of nitrogen functional groups attached to an aromatic ring is 1. The number of nitrogens with one attached hydrogen (secondary N) is 1. The molecular weight excluding hydrogens is 164 g/mol. The van der Waals surface area contributed by atoms with E-state index in [9.17, 15) is 0 Å². The van der Waals surface area contributed by atoms with Crippen molar-refractivity contribution in [3.05, 3.63) is 24.4 Å². The van der Waals surface area contributed by atoms with Gasteiger partial charge in [-0.25, -0.2) is 0 Å². The minimum atomic E-state index is 0.676. The molecule has 0 saturated carbocycles. The van der Waals surface area contributed by atoms with Gasteiger partial charge in [0.05, 0.1) is 12.3 Å². The Bertz CT molecular complexity index is 420. The van der Waals surface area contributed by atoms with Crippen LogP contribution in [0, 0.1) is 0 Å². The molecule has 0 amide bonds. The van der Waals surface area contributed by atoms with Crippen molar-refractivity contribution >= 4 is 16.6 Å². The van der Waals surface area contributed by atoms with E-state index in [0.29, 0.717) is 6.61 Å². The van der Waals surface area contributed by atoms with Crippen LogP contribution in [0.2, 0.25) is 0 Å². The first-order valence-corrected chi connectivity index (χ1v) is 4.30. The number of rotatable bonds is 2. The average Bonchev–Trinajstić information content (AvgIpc) is 2.49. The van der Waals surface area contributed by atoms with E-state index in [0.717, 1.165) is 22.3 Å². The van der Waals surface area contributed by atoms with Gasteiger partial charge in [0.1, 0.15) is 5.75 Å². The van der Waals surface area contributed by atoms with Crippen LogP contribution in [0.3, 0.4) is 0 Å². The second-order valence-corrected chi connectivity index (χ2v) is 2.88. The van der Waals surface area contributed by atoms with E-state index in [1.54, 1.807) is 6.20 Å². The Labute approximate surface area is 76.5 Å². The van der Waals surface area contributed by atoms with E-state index in [4.69, 9.17) is 10.5 Å². The fraction of sp³-hybridized carbons (Fsp3) is 0.200. The summed E-state index contributed by atoms with van der Waals surface area (Å²) in [5, 5.41) is 1.02. The topological polar surface area (TPSA) is 51.0 Å². The van der Waals surface area contributed by atoms with E-state index in [1.807, 2.05) is 25.1 Å². The molecule has 0 unspecified atom stereocenters. The van der Waals surface area contributed by atoms with Gasteiger partial charge in [0.25, 0.3) is 0 Å². The molecule has 0 aliphatic heterocycles. The molecule has 0 fully saturated rings. The van der Waals surface area contributed by atoms with Crippen molar-refractivity contribution in [1.29, 1.82) is 0 Å². The van der Waals surface area contributed by atoms with Crippen molar-refractivity contribution in [1.82, 2.24) is 4.98 Å². The monoisotopic (exact) mass is 176 g/mol. The number of hydrogen-bond acceptors (Lipinski definition) is 2. The van der Waals surface area contributed by atoms with Crippen LogP contribution < -0.4 is 10.5 Å². The lowest BCUT2D eigenvalue weighted by molar-refractivity contribution is 0.341. The zero-order chi connectivity index (χ0) is 9.26. The molecule has 0 radical (unpaired) electrons. The van der Waals surface area contributed by atoms with E-state index in [2.05, 4.69) is 4.98 Å². The third-order valence-corrected chi connectivity index (χ3v) is 2.00. The van der Waals surface area contributed by atoms with Crippen molar-refractivity contribution in [3.63, 3.8) is 0 Å². The van der Waals surface area contributed by atoms with Gasteiger partial charge < -0.3 is 15.5 Å². The third-order valence-electron chi connectivity index (χ3n) is 2.00. The Morgan fingerprint density at radius 1 is 1.46 bits per heavy atom. The highest BCUT2D eigenvalue weighted by Crippen LogP contribution is 2.24. The van der Waals surface area contributed by atoms with Crippen LogP contribution in [0.1, 0.15) is 6.92 Å². The smallest absolute Gasteiger partial charge is 0.120 e.